The van der Waals surface area contributed by atoms with Crippen LogP contribution >= 0.6 is 11.6 Å². The number of amides is 2. The number of guanidine groups is 1. The number of nitrogens with zero attached hydrogens (tertiary/aromatic N) is 4. The summed E-state index contributed by atoms with van der Waals surface area (Å²) in [4.78, 5) is 38.1. The summed E-state index contributed by atoms with van der Waals surface area (Å²) in [5, 5.41) is 2.77. The largest absolute Gasteiger partial charge is 0.369 e. The van der Waals surface area contributed by atoms with Crippen LogP contribution in [-0.2, 0) is 4.79 Å². The van der Waals surface area contributed by atoms with Gasteiger partial charge in [-0.25, -0.2) is 19.4 Å². The standard InChI is InChI=1S/C18H18ClFN6O2/c1-18(2)14(25-17(21)26(3)16(18)28)10-6-9(4-5-11(10)20)24-15(27)12-7-23-13(19)8-22-12/h4-8,14H,1-3H3,(H2,21,25)(H,24,27). The zero-order chi connectivity index (χ0) is 20.6. The third kappa shape index (κ3) is 3.53. The third-order valence-corrected chi connectivity index (χ3v) is 4.74. The summed E-state index contributed by atoms with van der Waals surface area (Å²) < 4.78 is 14.6. The van der Waals surface area contributed by atoms with Crippen molar-refractivity contribution >= 4 is 35.1 Å². The fourth-order valence-corrected chi connectivity index (χ4v) is 3.05. The molecule has 0 spiro atoms. The van der Waals surface area contributed by atoms with Crippen molar-refractivity contribution < 1.29 is 14.0 Å². The number of benzene rings is 1. The van der Waals surface area contributed by atoms with Crippen molar-refractivity contribution in [3.05, 3.63) is 52.8 Å². The lowest BCUT2D eigenvalue weighted by atomic mass is 9.78. The molecule has 3 N–H and O–H groups in total. The highest BCUT2D eigenvalue weighted by molar-refractivity contribution is 6.29. The van der Waals surface area contributed by atoms with Crippen LogP contribution in [0.15, 0.2) is 35.6 Å². The normalized spacial score (nSPS) is 18.6. The molecule has 0 radical (unpaired) electrons. The number of hydrogen-bond acceptors (Lipinski definition) is 6. The lowest BCUT2D eigenvalue weighted by Crippen LogP contribution is -2.51. The maximum absolute atomic E-state index is 14.6. The van der Waals surface area contributed by atoms with Crippen LogP contribution in [-0.4, -0.2) is 39.7 Å². The van der Waals surface area contributed by atoms with E-state index < -0.39 is 23.2 Å². The summed E-state index contributed by atoms with van der Waals surface area (Å²) in [5.41, 5.74) is 5.30. The molecule has 146 valence electrons. The molecule has 1 aromatic heterocycles. The number of nitrogens with one attached hydrogen (secondary N) is 1. The Kier molecular flexibility index (Phi) is 5.03. The molecular formula is C18H18ClFN6O2. The molecule has 1 unspecified atom stereocenters. The predicted octanol–water partition coefficient (Wildman–Crippen LogP) is 2.38. The number of carbonyl (C=O) groups is 2. The Morgan fingerprint density at radius 3 is 2.68 bits per heavy atom. The average molecular weight is 405 g/mol. The number of nitrogens with two attached hydrogens (primary N) is 1. The number of aliphatic imine (C=N–C) groups is 1. The number of rotatable bonds is 3. The van der Waals surface area contributed by atoms with Crippen molar-refractivity contribution in [3.8, 4) is 0 Å². The molecule has 2 heterocycles. The molecule has 28 heavy (non-hydrogen) atoms. The number of hydrogen-bond donors (Lipinski definition) is 2. The Balaban J connectivity index is 1.94. The Bertz CT molecular complexity index is 977. The second kappa shape index (κ2) is 7.16. The number of carbonyl (C=O) groups excluding carboxylic acids is 2. The van der Waals surface area contributed by atoms with Crippen LogP contribution < -0.4 is 11.1 Å². The molecule has 1 aromatic carbocycles. The maximum Gasteiger partial charge on any atom is 0.275 e. The van der Waals surface area contributed by atoms with Gasteiger partial charge >= 0.3 is 0 Å². The Morgan fingerprint density at radius 2 is 2.04 bits per heavy atom. The van der Waals surface area contributed by atoms with Crippen LogP contribution in [0.3, 0.4) is 0 Å². The van der Waals surface area contributed by atoms with Crippen LogP contribution in [0, 0.1) is 11.2 Å². The van der Waals surface area contributed by atoms with Crippen LogP contribution in [0.4, 0.5) is 10.1 Å². The van der Waals surface area contributed by atoms with Gasteiger partial charge in [0.15, 0.2) is 5.96 Å². The molecule has 3 rings (SSSR count). The average Bonchev–Trinajstić information content (AvgIpc) is 2.65. The van der Waals surface area contributed by atoms with Gasteiger partial charge in [-0.2, -0.15) is 0 Å². The molecule has 8 nitrogen and oxygen atoms in total. The molecule has 1 aliphatic rings. The molecule has 0 saturated heterocycles. The van der Waals surface area contributed by atoms with Crippen molar-refractivity contribution in [1.82, 2.24) is 14.9 Å². The summed E-state index contributed by atoms with van der Waals surface area (Å²) in [6.07, 6.45) is 2.47. The lowest BCUT2D eigenvalue weighted by Gasteiger charge is -2.38. The van der Waals surface area contributed by atoms with Crippen LogP contribution in [0.5, 0.6) is 0 Å². The van der Waals surface area contributed by atoms with Gasteiger partial charge in [-0.15, -0.1) is 0 Å². The summed E-state index contributed by atoms with van der Waals surface area (Å²) in [6.45, 7) is 3.33. The van der Waals surface area contributed by atoms with E-state index >= 15 is 0 Å². The molecular weight excluding hydrogens is 387 g/mol. The first-order valence-electron chi connectivity index (χ1n) is 8.31. The monoisotopic (exact) mass is 404 g/mol. The first kappa shape index (κ1) is 19.7. The highest BCUT2D eigenvalue weighted by Gasteiger charge is 2.45. The zero-order valence-corrected chi connectivity index (χ0v) is 16.2. The van der Waals surface area contributed by atoms with E-state index in [0.717, 1.165) is 0 Å². The molecule has 1 atom stereocenters. The summed E-state index contributed by atoms with van der Waals surface area (Å²) in [6, 6.07) is 3.18. The van der Waals surface area contributed by atoms with E-state index in [0.29, 0.717) is 5.69 Å². The molecule has 1 aliphatic heterocycles. The number of halogens is 2. The highest BCUT2D eigenvalue weighted by Crippen LogP contribution is 2.42. The molecule has 0 saturated carbocycles. The van der Waals surface area contributed by atoms with Gasteiger partial charge < -0.3 is 11.1 Å². The quantitative estimate of drug-likeness (QED) is 0.815. The van der Waals surface area contributed by atoms with E-state index in [1.807, 2.05) is 0 Å². The minimum absolute atomic E-state index is 0.000368. The molecule has 10 heteroatoms. The molecule has 0 aliphatic carbocycles. The molecule has 2 amide bonds. The van der Waals surface area contributed by atoms with Gasteiger partial charge in [0.25, 0.3) is 5.91 Å². The van der Waals surface area contributed by atoms with Crippen molar-refractivity contribution in [1.29, 1.82) is 0 Å². The first-order chi connectivity index (χ1) is 13.1. The van der Waals surface area contributed by atoms with Crippen molar-refractivity contribution in [3.63, 3.8) is 0 Å². The fraction of sp³-hybridized carbons (Fsp3) is 0.278. The third-order valence-electron chi connectivity index (χ3n) is 4.55. The van der Waals surface area contributed by atoms with E-state index in [-0.39, 0.29) is 28.3 Å². The summed E-state index contributed by atoms with van der Waals surface area (Å²) >= 11 is 5.66. The van der Waals surface area contributed by atoms with E-state index in [4.69, 9.17) is 17.3 Å². The van der Waals surface area contributed by atoms with Crippen molar-refractivity contribution in [2.75, 3.05) is 12.4 Å². The van der Waals surface area contributed by atoms with Gasteiger partial charge in [0, 0.05) is 18.3 Å². The summed E-state index contributed by atoms with van der Waals surface area (Å²) in [5.74, 6) is -1.38. The highest BCUT2D eigenvalue weighted by atomic mass is 35.5. The van der Waals surface area contributed by atoms with E-state index in [9.17, 15) is 14.0 Å². The van der Waals surface area contributed by atoms with Gasteiger partial charge in [0.1, 0.15) is 16.7 Å². The second-order valence-electron chi connectivity index (χ2n) is 6.89. The van der Waals surface area contributed by atoms with Gasteiger partial charge in [-0.05, 0) is 32.0 Å². The predicted molar refractivity (Wildman–Crippen MR) is 102 cm³/mol. The van der Waals surface area contributed by atoms with Crippen LogP contribution in [0.1, 0.15) is 35.9 Å². The summed E-state index contributed by atoms with van der Waals surface area (Å²) in [7, 11) is 1.51. The smallest absolute Gasteiger partial charge is 0.275 e. The minimum atomic E-state index is -1.03. The van der Waals surface area contributed by atoms with Crippen molar-refractivity contribution in [2.24, 2.45) is 16.1 Å². The Morgan fingerprint density at radius 1 is 1.32 bits per heavy atom. The first-order valence-corrected chi connectivity index (χ1v) is 8.69. The SMILES string of the molecule is CN1C(=O)C(C)(C)C(c2cc(NC(=O)c3cnc(Cl)cn3)ccc2F)N=C1N. The van der Waals surface area contributed by atoms with Crippen LogP contribution in [0.2, 0.25) is 5.15 Å². The van der Waals surface area contributed by atoms with Gasteiger partial charge in [-0.1, -0.05) is 11.6 Å². The van der Waals surface area contributed by atoms with E-state index in [2.05, 4.69) is 20.3 Å². The van der Waals surface area contributed by atoms with E-state index in [1.54, 1.807) is 13.8 Å². The Hall–Kier alpha value is -3.07. The fourth-order valence-electron chi connectivity index (χ4n) is 2.95. The van der Waals surface area contributed by atoms with Crippen LogP contribution in [0.25, 0.3) is 0 Å². The van der Waals surface area contributed by atoms with Gasteiger partial charge in [-0.3, -0.25) is 14.5 Å². The topological polar surface area (TPSA) is 114 Å². The molecule has 0 fully saturated rings. The Labute approximate surface area is 165 Å². The lowest BCUT2D eigenvalue weighted by molar-refractivity contribution is -0.137. The molecule has 2 aromatic rings. The number of aromatic nitrogens is 2. The van der Waals surface area contributed by atoms with E-state index in [1.165, 1.54) is 42.5 Å². The van der Waals surface area contributed by atoms with Crippen molar-refractivity contribution in [2.45, 2.75) is 19.9 Å². The minimum Gasteiger partial charge on any atom is -0.369 e. The van der Waals surface area contributed by atoms with Gasteiger partial charge in [0.05, 0.1) is 23.9 Å². The second-order valence-corrected chi connectivity index (χ2v) is 7.28. The zero-order valence-electron chi connectivity index (χ0n) is 15.4. The maximum atomic E-state index is 14.6. The molecule has 0 bridgehead atoms. The number of anilines is 1. The van der Waals surface area contributed by atoms with Gasteiger partial charge in [0.2, 0.25) is 5.91 Å².